The fourth-order valence-electron chi connectivity index (χ4n) is 2.31. The lowest BCUT2D eigenvalue weighted by Gasteiger charge is -2.01. The minimum atomic E-state index is -0.658. The molecule has 3 aromatic rings. The standard InChI is InChI=1S/C19H11ClN4O3S/c20-15-7-6-12(9-17(15)24(26)27)8-14(10-21)18(25)23-19-22-16(11-28-19)13-4-2-1-3-5-13/h1-9,11H,(H,22,23,25)/b14-8+. The van der Waals surface area contributed by atoms with Crippen LogP contribution in [0.2, 0.25) is 5.02 Å². The highest BCUT2D eigenvalue weighted by Crippen LogP contribution is 2.27. The number of thiazole rings is 1. The number of aromatic nitrogens is 1. The molecule has 0 aliphatic carbocycles. The minimum Gasteiger partial charge on any atom is -0.297 e. The Kier molecular flexibility index (Phi) is 5.79. The van der Waals surface area contributed by atoms with Crippen molar-refractivity contribution in [3.63, 3.8) is 0 Å². The van der Waals surface area contributed by atoms with E-state index in [-0.39, 0.29) is 16.3 Å². The van der Waals surface area contributed by atoms with E-state index in [0.29, 0.717) is 16.4 Å². The summed E-state index contributed by atoms with van der Waals surface area (Å²) in [4.78, 5) is 27.1. The van der Waals surface area contributed by atoms with E-state index in [2.05, 4.69) is 10.3 Å². The third-order valence-electron chi connectivity index (χ3n) is 3.64. The van der Waals surface area contributed by atoms with Crippen LogP contribution < -0.4 is 5.32 Å². The summed E-state index contributed by atoms with van der Waals surface area (Å²) >= 11 is 7.00. The third kappa shape index (κ3) is 4.40. The Balaban J connectivity index is 1.80. The van der Waals surface area contributed by atoms with Crippen molar-refractivity contribution in [1.82, 2.24) is 4.98 Å². The number of nitriles is 1. The summed E-state index contributed by atoms with van der Waals surface area (Å²) in [6.07, 6.45) is 1.25. The molecule has 3 rings (SSSR count). The molecule has 1 N–H and O–H groups in total. The highest BCUT2D eigenvalue weighted by atomic mass is 35.5. The van der Waals surface area contributed by atoms with Crippen molar-refractivity contribution in [2.24, 2.45) is 0 Å². The molecule has 138 valence electrons. The van der Waals surface area contributed by atoms with Crippen molar-refractivity contribution in [2.45, 2.75) is 0 Å². The highest BCUT2D eigenvalue weighted by molar-refractivity contribution is 7.14. The fourth-order valence-corrected chi connectivity index (χ4v) is 3.21. The summed E-state index contributed by atoms with van der Waals surface area (Å²) < 4.78 is 0. The molecule has 0 atom stereocenters. The van der Waals surface area contributed by atoms with Crippen LogP contribution in [0.5, 0.6) is 0 Å². The van der Waals surface area contributed by atoms with E-state index in [1.165, 1.54) is 35.6 Å². The Morgan fingerprint density at radius 3 is 2.71 bits per heavy atom. The van der Waals surface area contributed by atoms with Crippen molar-refractivity contribution in [3.05, 3.63) is 80.2 Å². The van der Waals surface area contributed by atoms with Gasteiger partial charge in [0, 0.05) is 17.0 Å². The van der Waals surface area contributed by atoms with E-state index in [1.807, 2.05) is 30.3 Å². The van der Waals surface area contributed by atoms with Crippen LogP contribution in [0, 0.1) is 21.4 Å². The van der Waals surface area contributed by atoms with Crippen LogP contribution in [0.4, 0.5) is 10.8 Å². The average molecular weight is 411 g/mol. The smallest absolute Gasteiger partial charge is 0.288 e. The number of hydrogen-bond acceptors (Lipinski definition) is 6. The summed E-state index contributed by atoms with van der Waals surface area (Å²) in [6.45, 7) is 0. The number of carbonyl (C=O) groups excluding carboxylic acids is 1. The molecule has 0 saturated heterocycles. The maximum absolute atomic E-state index is 12.4. The van der Waals surface area contributed by atoms with Gasteiger partial charge in [-0.15, -0.1) is 11.3 Å². The minimum absolute atomic E-state index is 0.0265. The van der Waals surface area contributed by atoms with Crippen molar-refractivity contribution in [2.75, 3.05) is 5.32 Å². The molecule has 0 unspecified atom stereocenters. The number of nitro benzene ring substituents is 1. The first-order valence-electron chi connectivity index (χ1n) is 7.86. The van der Waals surface area contributed by atoms with Crippen LogP contribution >= 0.6 is 22.9 Å². The first-order chi connectivity index (χ1) is 13.5. The first kappa shape index (κ1) is 19.2. The summed E-state index contributed by atoms with van der Waals surface area (Å²) in [7, 11) is 0. The largest absolute Gasteiger partial charge is 0.297 e. The maximum atomic E-state index is 12.4. The van der Waals surface area contributed by atoms with E-state index in [4.69, 9.17) is 11.6 Å². The van der Waals surface area contributed by atoms with Gasteiger partial charge in [-0.05, 0) is 17.7 Å². The van der Waals surface area contributed by atoms with Gasteiger partial charge in [0.15, 0.2) is 5.13 Å². The van der Waals surface area contributed by atoms with Gasteiger partial charge < -0.3 is 0 Å². The van der Waals surface area contributed by atoms with Crippen LogP contribution in [0.3, 0.4) is 0 Å². The van der Waals surface area contributed by atoms with E-state index in [0.717, 1.165) is 5.56 Å². The predicted molar refractivity (Wildman–Crippen MR) is 108 cm³/mol. The molecule has 7 nitrogen and oxygen atoms in total. The van der Waals surface area contributed by atoms with Crippen molar-refractivity contribution >= 4 is 45.7 Å². The second kappa shape index (κ2) is 8.43. The number of rotatable bonds is 5. The molecule has 28 heavy (non-hydrogen) atoms. The molecular weight excluding hydrogens is 400 g/mol. The fraction of sp³-hybridized carbons (Fsp3) is 0. The zero-order valence-corrected chi connectivity index (χ0v) is 15.7. The van der Waals surface area contributed by atoms with Crippen LogP contribution in [0.25, 0.3) is 17.3 Å². The van der Waals surface area contributed by atoms with Gasteiger partial charge in [-0.1, -0.05) is 48.0 Å². The predicted octanol–water partition coefficient (Wildman–Crippen LogP) is 4.92. The van der Waals surface area contributed by atoms with Crippen LogP contribution in [0.1, 0.15) is 5.56 Å². The molecule has 9 heteroatoms. The number of carbonyl (C=O) groups is 1. The molecule has 0 bridgehead atoms. The number of anilines is 1. The molecule has 0 aliphatic rings. The van der Waals surface area contributed by atoms with Crippen LogP contribution in [0.15, 0.2) is 59.5 Å². The topological polar surface area (TPSA) is 109 Å². The maximum Gasteiger partial charge on any atom is 0.288 e. The Bertz CT molecular complexity index is 1120. The molecule has 0 saturated carbocycles. The average Bonchev–Trinajstić information content (AvgIpc) is 3.16. The zero-order chi connectivity index (χ0) is 20.1. The molecule has 0 radical (unpaired) electrons. The zero-order valence-electron chi connectivity index (χ0n) is 14.1. The number of nitrogens with one attached hydrogen (secondary N) is 1. The Hall–Kier alpha value is -3.54. The molecule has 0 spiro atoms. The van der Waals surface area contributed by atoms with Gasteiger partial charge in [0.1, 0.15) is 16.7 Å². The monoisotopic (exact) mass is 410 g/mol. The van der Waals surface area contributed by atoms with E-state index in [9.17, 15) is 20.2 Å². The number of benzene rings is 2. The number of nitro groups is 1. The van der Waals surface area contributed by atoms with Crippen LogP contribution in [-0.2, 0) is 4.79 Å². The summed E-state index contributed by atoms with van der Waals surface area (Å²) in [5.41, 5.74) is 1.40. The number of amides is 1. The molecule has 1 heterocycles. The van der Waals surface area contributed by atoms with Gasteiger partial charge in [-0.25, -0.2) is 4.98 Å². The molecule has 1 amide bonds. The van der Waals surface area contributed by atoms with E-state index >= 15 is 0 Å². The lowest BCUT2D eigenvalue weighted by molar-refractivity contribution is -0.384. The van der Waals surface area contributed by atoms with Gasteiger partial charge in [-0.3, -0.25) is 20.2 Å². The van der Waals surface area contributed by atoms with E-state index < -0.39 is 10.8 Å². The van der Waals surface area contributed by atoms with Gasteiger partial charge in [-0.2, -0.15) is 5.26 Å². The van der Waals surface area contributed by atoms with Crippen molar-refractivity contribution in [3.8, 4) is 17.3 Å². The Morgan fingerprint density at radius 2 is 2.04 bits per heavy atom. The summed E-state index contributed by atoms with van der Waals surface area (Å²) in [5.74, 6) is -0.658. The SMILES string of the molecule is N#C/C(=C\c1ccc(Cl)c([N+](=O)[O-])c1)C(=O)Nc1nc(-c2ccccc2)cs1. The van der Waals surface area contributed by atoms with Crippen molar-refractivity contribution in [1.29, 1.82) is 5.26 Å². The molecular formula is C19H11ClN4O3S. The van der Waals surface area contributed by atoms with Gasteiger partial charge in [0.25, 0.3) is 11.6 Å². The first-order valence-corrected chi connectivity index (χ1v) is 9.11. The lowest BCUT2D eigenvalue weighted by Crippen LogP contribution is -2.13. The summed E-state index contributed by atoms with van der Waals surface area (Å²) in [5, 5.41) is 24.9. The third-order valence-corrected chi connectivity index (χ3v) is 4.71. The van der Waals surface area contributed by atoms with E-state index in [1.54, 1.807) is 11.4 Å². The molecule has 0 aliphatic heterocycles. The molecule has 1 aromatic heterocycles. The van der Waals surface area contributed by atoms with Gasteiger partial charge in [0.05, 0.1) is 10.6 Å². The quantitative estimate of drug-likeness (QED) is 0.278. The van der Waals surface area contributed by atoms with Crippen LogP contribution in [-0.4, -0.2) is 15.8 Å². The molecule has 0 fully saturated rings. The lowest BCUT2D eigenvalue weighted by atomic mass is 10.1. The normalized spacial score (nSPS) is 10.9. The summed E-state index contributed by atoms with van der Waals surface area (Å²) in [6, 6.07) is 15.3. The number of hydrogen-bond donors (Lipinski definition) is 1. The second-order valence-electron chi connectivity index (χ2n) is 5.50. The van der Waals surface area contributed by atoms with Crippen molar-refractivity contribution < 1.29 is 9.72 Å². The number of halogens is 1. The second-order valence-corrected chi connectivity index (χ2v) is 6.76. The molecule has 2 aromatic carbocycles. The van der Waals surface area contributed by atoms with Gasteiger partial charge in [0.2, 0.25) is 0 Å². The Labute approximate surface area is 168 Å². The van der Waals surface area contributed by atoms with Gasteiger partial charge >= 0.3 is 0 Å². The Morgan fingerprint density at radius 1 is 1.29 bits per heavy atom. The highest BCUT2D eigenvalue weighted by Gasteiger charge is 2.15. The number of nitrogens with zero attached hydrogens (tertiary/aromatic N) is 3.